The summed E-state index contributed by atoms with van der Waals surface area (Å²) in [6, 6.07) is 0. The number of carbonyl (C=O) groups is 2. The van der Waals surface area contributed by atoms with E-state index in [9.17, 15) is 9.59 Å². The van der Waals surface area contributed by atoms with Crippen molar-refractivity contribution in [3.63, 3.8) is 0 Å². The molecule has 0 heterocycles. The molecule has 1 unspecified atom stereocenters. The van der Waals surface area contributed by atoms with Crippen LogP contribution in [0.4, 0.5) is 0 Å². The Balaban J connectivity index is 4.23. The van der Waals surface area contributed by atoms with Gasteiger partial charge in [-0.2, -0.15) is 0 Å². The van der Waals surface area contributed by atoms with Crippen LogP contribution in [0.1, 0.15) is 117 Å². The molecular formula is C27H55NO5P+. The summed E-state index contributed by atoms with van der Waals surface area (Å²) >= 11 is 0. The number of nitrogens with zero attached hydrogens (tertiary/aromatic N) is 1. The maximum absolute atomic E-state index is 12.3. The van der Waals surface area contributed by atoms with Crippen molar-refractivity contribution >= 4 is 20.7 Å². The highest BCUT2D eigenvalue weighted by molar-refractivity contribution is 7.31. The van der Waals surface area contributed by atoms with Crippen LogP contribution < -0.4 is 0 Å². The molecule has 6 nitrogen and oxygen atoms in total. The van der Waals surface area contributed by atoms with Crippen LogP contribution in [-0.2, 0) is 23.6 Å². The Labute approximate surface area is 212 Å². The number of esters is 2. The Morgan fingerprint density at radius 3 is 1.65 bits per heavy atom. The van der Waals surface area contributed by atoms with Gasteiger partial charge < -0.3 is 18.5 Å². The molecule has 202 valence electrons. The van der Waals surface area contributed by atoms with Crippen LogP contribution >= 0.6 is 8.81 Å². The maximum Gasteiger partial charge on any atom is 0.306 e. The summed E-state index contributed by atoms with van der Waals surface area (Å²) in [6.07, 6.45) is 17.5. The van der Waals surface area contributed by atoms with E-state index in [0.29, 0.717) is 21.6 Å². The molecule has 0 aliphatic heterocycles. The lowest BCUT2D eigenvalue weighted by molar-refractivity contribution is -0.858. The molecular weight excluding hydrogens is 449 g/mol. The van der Waals surface area contributed by atoms with E-state index in [1.165, 1.54) is 64.2 Å². The predicted octanol–water partition coefficient (Wildman–Crippen LogP) is 7.00. The van der Waals surface area contributed by atoms with E-state index in [-0.39, 0.29) is 25.2 Å². The molecule has 0 N–H and O–H groups in total. The molecule has 0 aliphatic carbocycles. The van der Waals surface area contributed by atoms with Crippen LogP contribution in [0.3, 0.4) is 0 Å². The van der Waals surface area contributed by atoms with Crippen LogP contribution in [0.15, 0.2) is 0 Å². The van der Waals surface area contributed by atoms with Gasteiger partial charge in [0.1, 0.15) is 12.9 Å². The van der Waals surface area contributed by atoms with Crippen molar-refractivity contribution in [1.29, 1.82) is 0 Å². The summed E-state index contributed by atoms with van der Waals surface area (Å²) in [5.74, 6) is -0.435. The molecule has 7 heteroatoms. The molecule has 0 amide bonds. The maximum atomic E-state index is 12.3. The molecule has 0 fully saturated rings. The molecule has 0 aromatic carbocycles. The third-order valence-electron chi connectivity index (χ3n) is 5.61. The summed E-state index contributed by atoms with van der Waals surface area (Å²) in [6.45, 7) is 4.77. The summed E-state index contributed by atoms with van der Waals surface area (Å²) in [5, 5.41) is 0. The number of unbranched alkanes of at least 4 members (excludes halogenated alkanes) is 12. The molecule has 0 bridgehead atoms. The van der Waals surface area contributed by atoms with E-state index in [1.807, 2.05) is 0 Å². The van der Waals surface area contributed by atoms with E-state index in [4.69, 9.17) is 14.0 Å². The summed E-state index contributed by atoms with van der Waals surface area (Å²) in [7, 11) is 6.65. The lowest BCUT2D eigenvalue weighted by Crippen LogP contribution is -2.33. The smallest absolute Gasteiger partial charge is 0.306 e. The largest absolute Gasteiger partial charge is 0.462 e. The first-order chi connectivity index (χ1) is 16.3. The topological polar surface area (TPSA) is 61.8 Å². The van der Waals surface area contributed by atoms with Crippen molar-refractivity contribution in [2.24, 2.45) is 0 Å². The standard InChI is InChI=1S/C27H55NO5P/c1-6-8-10-12-14-16-18-20-26(29)31-22-25(23-32-34-24-28(3,4)5)33-27(30)21-19-17-15-13-11-9-7-2/h25,34H,6-24H2,1-5H3/q+1/t25-/m1/s1. The third kappa shape index (κ3) is 24.4. The highest BCUT2D eigenvalue weighted by Crippen LogP contribution is 2.17. The van der Waals surface area contributed by atoms with Crippen molar-refractivity contribution in [1.82, 2.24) is 0 Å². The molecule has 2 atom stereocenters. The molecule has 0 aromatic rings. The van der Waals surface area contributed by atoms with Gasteiger partial charge in [-0.05, 0) is 12.8 Å². The second-order valence-corrected chi connectivity index (χ2v) is 11.3. The minimum atomic E-state index is -0.532. The zero-order chi connectivity index (χ0) is 25.5. The van der Waals surface area contributed by atoms with Crippen molar-refractivity contribution in [2.75, 3.05) is 40.6 Å². The Kier molecular flexibility index (Phi) is 22.3. The lowest BCUT2D eigenvalue weighted by Gasteiger charge is -2.24. The van der Waals surface area contributed by atoms with Crippen molar-refractivity contribution < 1.29 is 28.1 Å². The number of rotatable bonds is 24. The van der Waals surface area contributed by atoms with Gasteiger partial charge in [-0.25, -0.2) is 0 Å². The van der Waals surface area contributed by atoms with Gasteiger partial charge in [0.25, 0.3) is 0 Å². The monoisotopic (exact) mass is 504 g/mol. The normalized spacial score (nSPS) is 12.9. The summed E-state index contributed by atoms with van der Waals surface area (Å²) in [4.78, 5) is 24.5. The molecule has 0 aromatic heterocycles. The number of carbonyl (C=O) groups excluding carboxylic acids is 2. The quantitative estimate of drug-likeness (QED) is 0.0613. The highest BCUT2D eigenvalue weighted by Gasteiger charge is 2.18. The van der Waals surface area contributed by atoms with Crippen LogP contribution in [0.25, 0.3) is 0 Å². The van der Waals surface area contributed by atoms with Gasteiger partial charge in [0.2, 0.25) is 0 Å². The Hall–Kier alpha value is -0.710. The van der Waals surface area contributed by atoms with Crippen molar-refractivity contribution in [3.05, 3.63) is 0 Å². The van der Waals surface area contributed by atoms with E-state index < -0.39 is 6.10 Å². The zero-order valence-corrected chi connectivity index (χ0v) is 24.0. The molecule has 0 saturated heterocycles. The van der Waals surface area contributed by atoms with E-state index in [2.05, 4.69) is 35.0 Å². The summed E-state index contributed by atoms with van der Waals surface area (Å²) in [5.41, 5.74) is 0. The van der Waals surface area contributed by atoms with Gasteiger partial charge in [-0.3, -0.25) is 9.59 Å². The highest BCUT2D eigenvalue weighted by atomic mass is 31.1. The summed E-state index contributed by atoms with van der Waals surface area (Å²) < 4.78 is 17.6. The SMILES string of the molecule is CCCCCCCCCC(=O)OC[C@H](COPC[N+](C)(C)C)OC(=O)CCCCCCCCC. The fourth-order valence-corrected chi connectivity index (χ4v) is 4.25. The van der Waals surface area contributed by atoms with Gasteiger partial charge >= 0.3 is 11.9 Å². The number of hydrogen-bond acceptors (Lipinski definition) is 5. The van der Waals surface area contributed by atoms with Crippen LogP contribution in [0.2, 0.25) is 0 Å². The average molecular weight is 505 g/mol. The first kappa shape index (κ1) is 33.3. The molecule has 0 saturated carbocycles. The third-order valence-corrected chi connectivity index (χ3v) is 7.06. The van der Waals surface area contributed by atoms with E-state index in [1.54, 1.807) is 0 Å². The number of ether oxygens (including phenoxy) is 2. The van der Waals surface area contributed by atoms with Gasteiger partial charge in [0, 0.05) is 12.8 Å². The molecule has 0 spiro atoms. The van der Waals surface area contributed by atoms with Crippen LogP contribution in [0, 0.1) is 0 Å². The van der Waals surface area contributed by atoms with Crippen LogP contribution in [0.5, 0.6) is 0 Å². The van der Waals surface area contributed by atoms with Gasteiger partial charge in [-0.1, -0.05) is 90.9 Å². The van der Waals surface area contributed by atoms with Gasteiger partial charge in [0.15, 0.2) is 6.10 Å². The molecule has 0 rings (SSSR count). The molecule has 0 radical (unpaired) electrons. The van der Waals surface area contributed by atoms with Gasteiger partial charge in [-0.15, -0.1) is 0 Å². The minimum absolute atomic E-state index is 0.0763. The van der Waals surface area contributed by atoms with E-state index >= 15 is 0 Å². The lowest BCUT2D eigenvalue weighted by atomic mass is 10.1. The Bertz CT molecular complexity index is 496. The first-order valence-electron chi connectivity index (χ1n) is 13.8. The number of hydrogen-bond donors (Lipinski definition) is 0. The Morgan fingerprint density at radius 2 is 1.15 bits per heavy atom. The zero-order valence-electron chi connectivity index (χ0n) is 23.0. The second kappa shape index (κ2) is 22.7. The molecule has 0 aliphatic rings. The first-order valence-corrected chi connectivity index (χ1v) is 14.9. The fourth-order valence-electron chi connectivity index (χ4n) is 3.46. The van der Waals surface area contributed by atoms with Crippen LogP contribution in [-0.4, -0.2) is 63.2 Å². The molecule has 34 heavy (non-hydrogen) atoms. The van der Waals surface area contributed by atoms with Crippen molar-refractivity contribution in [2.45, 2.75) is 123 Å². The second-order valence-electron chi connectivity index (χ2n) is 10.4. The fraction of sp³-hybridized carbons (Fsp3) is 0.926. The minimum Gasteiger partial charge on any atom is -0.462 e. The van der Waals surface area contributed by atoms with E-state index in [0.717, 1.165) is 36.5 Å². The predicted molar refractivity (Wildman–Crippen MR) is 143 cm³/mol. The van der Waals surface area contributed by atoms with Gasteiger partial charge in [0.05, 0.1) is 36.6 Å². The average Bonchev–Trinajstić information content (AvgIpc) is 2.78. The number of quaternary nitrogens is 1. The van der Waals surface area contributed by atoms with Crippen molar-refractivity contribution in [3.8, 4) is 0 Å². The Morgan fingerprint density at radius 1 is 0.676 bits per heavy atom.